The van der Waals surface area contributed by atoms with Gasteiger partial charge in [-0.3, -0.25) is 9.59 Å². The first-order valence-electron chi connectivity index (χ1n) is 6.76. The van der Waals surface area contributed by atoms with Gasteiger partial charge < -0.3 is 10.1 Å². The highest BCUT2D eigenvalue weighted by Gasteiger charge is 2.21. The van der Waals surface area contributed by atoms with Crippen LogP contribution in [0.25, 0.3) is 10.8 Å². The van der Waals surface area contributed by atoms with Crippen molar-refractivity contribution in [3.8, 4) is 5.75 Å². The predicted molar refractivity (Wildman–Crippen MR) is 95.6 cm³/mol. The monoisotopic (exact) mass is 439 g/mol. The molecule has 0 aliphatic heterocycles. The highest BCUT2D eigenvalue weighted by molar-refractivity contribution is 8.14. The molecule has 0 unspecified atom stereocenters. The molecule has 2 aromatic carbocycles. The summed E-state index contributed by atoms with van der Waals surface area (Å²) in [4.78, 5) is 22.0. The maximum atomic E-state index is 11.7. The molecule has 0 bridgehead atoms. The summed E-state index contributed by atoms with van der Waals surface area (Å²) in [7, 11) is 2.26. The number of fused-ring (bicyclic) bond motifs is 1. The van der Waals surface area contributed by atoms with Gasteiger partial charge in [-0.25, -0.2) is 16.8 Å². The minimum atomic E-state index is -4.23. The molecular formula is C14H11Cl2NO7S2. The standard InChI is InChI=1S/C14H11Cl2NO7S2/c1-7(18)17-12-5-10(25(15,20)21)3-9-4-11(26(16,22)23)6-13(14(9)12)24-8(2)19/h3-6H,1-2H3,(H,17,18). The fourth-order valence-electron chi connectivity index (χ4n) is 2.23. The molecule has 2 aromatic rings. The van der Waals surface area contributed by atoms with Crippen LogP contribution in [0.2, 0.25) is 0 Å². The number of carbonyl (C=O) groups excluding carboxylic acids is 2. The van der Waals surface area contributed by atoms with Crippen molar-refractivity contribution in [2.75, 3.05) is 5.32 Å². The molecule has 1 N–H and O–H groups in total. The molecular weight excluding hydrogens is 429 g/mol. The number of esters is 1. The SMILES string of the molecule is CC(=O)Nc1cc(S(=O)(=O)Cl)cc2cc(S(=O)(=O)Cl)cc(OC(C)=O)c12. The minimum Gasteiger partial charge on any atom is -0.426 e. The van der Waals surface area contributed by atoms with E-state index in [-0.39, 0.29) is 22.2 Å². The lowest BCUT2D eigenvalue weighted by molar-refractivity contribution is -0.131. The van der Waals surface area contributed by atoms with E-state index in [1.807, 2.05) is 0 Å². The van der Waals surface area contributed by atoms with E-state index in [0.29, 0.717) is 0 Å². The third-order valence-electron chi connectivity index (χ3n) is 3.09. The summed E-state index contributed by atoms with van der Waals surface area (Å²) < 4.78 is 51.7. The molecule has 0 aliphatic rings. The van der Waals surface area contributed by atoms with Gasteiger partial charge in [-0.1, -0.05) is 0 Å². The van der Waals surface area contributed by atoms with Gasteiger partial charge in [-0.2, -0.15) is 0 Å². The van der Waals surface area contributed by atoms with Crippen LogP contribution in [0.1, 0.15) is 13.8 Å². The molecule has 0 radical (unpaired) electrons. The lowest BCUT2D eigenvalue weighted by Crippen LogP contribution is -2.09. The Labute approximate surface area is 157 Å². The molecule has 0 atom stereocenters. The van der Waals surface area contributed by atoms with Crippen LogP contribution in [-0.2, 0) is 27.7 Å². The molecule has 0 aromatic heterocycles. The molecule has 0 aliphatic carbocycles. The van der Waals surface area contributed by atoms with Crippen LogP contribution in [0.3, 0.4) is 0 Å². The number of hydrogen-bond acceptors (Lipinski definition) is 7. The lowest BCUT2D eigenvalue weighted by atomic mass is 10.1. The van der Waals surface area contributed by atoms with Gasteiger partial charge in [-0.15, -0.1) is 0 Å². The molecule has 2 rings (SSSR count). The van der Waals surface area contributed by atoms with E-state index < -0.39 is 39.8 Å². The first-order valence-corrected chi connectivity index (χ1v) is 11.4. The van der Waals surface area contributed by atoms with Crippen molar-refractivity contribution < 1.29 is 31.2 Å². The van der Waals surface area contributed by atoms with Crippen molar-refractivity contribution in [1.82, 2.24) is 0 Å². The van der Waals surface area contributed by atoms with Gasteiger partial charge in [0.25, 0.3) is 18.1 Å². The zero-order valence-electron chi connectivity index (χ0n) is 13.2. The Morgan fingerprint density at radius 3 is 1.85 bits per heavy atom. The van der Waals surface area contributed by atoms with E-state index in [2.05, 4.69) is 5.32 Å². The maximum Gasteiger partial charge on any atom is 0.308 e. The molecule has 0 saturated heterocycles. The van der Waals surface area contributed by atoms with Crippen LogP contribution >= 0.6 is 21.4 Å². The highest BCUT2D eigenvalue weighted by Crippen LogP contribution is 2.38. The quantitative estimate of drug-likeness (QED) is 0.440. The van der Waals surface area contributed by atoms with Gasteiger partial charge in [0.1, 0.15) is 5.75 Å². The third kappa shape index (κ3) is 4.64. The highest BCUT2D eigenvalue weighted by atomic mass is 35.7. The Hall–Kier alpha value is -1.88. The maximum absolute atomic E-state index is 11.7. The Morgan fingerprint density at radius 1 is 0.923 bits per heavy atom. The molecule has 140 valence electrons. The van der Waals surface area contributed by atoms with E-state index in [1.165, 1.54) is 6.92 Å². The zero-order chi connectivity index (χ0) is 19.9. The first kappa shape index (κ1) is 20.4. The topological polar surface area (TPSA) is 124 Å². The van der Waals surface area contributed by atoms with E-state index in [1.54, 1.807) is 0 Å². The summed E-state index contributed by atoms with van der Waals surface area (Å²) in [5, 5.41) is 2.52. The average molecular weight is 440 g/mol. The number of rotatable bonds is 4. The fraction of sp³-hybridized carbons (Fsp3) is 0.143. The zero-order valence-corrected chi connectivity index (χ0v) is 16.4. The van der Waals surface area contributed by atoms with Crippen LogP contribution in [0.5, 0.6) is 5.75 Å². The number of ether oxygens (including phenoxy) is 1. The molecule has 8 nitrogen and oxygen atoms in total. The van der Waals surface area contributed by atoms with Crippen molar-refractivity contribution in [2.45, 2.75) is 23.6 Å². The average Bonchev–Trinajstić information content (AvgIpc) is 2.43. The lowest BCUT2D eigenvalue weighted by Gasteiger charge is -2.14. The van der Waals surface area contributed by atoms with E-state index in [0.717, 1.165) is 31.2 Å². The van der Waals surface area contributed by atoms with Crippen LogP contribution in [0, 0.1) is 0 Å². The van der Waals surface area contributed by atoms with Gasteiger partial charge in [0.2, 0.25) is 5.91 Å². The van der Waals surface area contributed by atoms with Crippen molar-refractivity contribution in [1.29, 1.82) is 0 Å². The summed E-state index contributed by atoms with van der Waals surface area (Å²) in [6.45, 7) is 2.26. The Kier molecular flexibility index (Phi) is 5.52. The van der Waals surface area contributed by atoms with Crippen LogP contribution in [0.15, 0.2) is 34.1 Å². The van der Waals surface area contributed by atoms with Crippen molar-refractivity contribution >= 4 is 67.8 Å². The summed E-state index contributed by atoms with van der Waals surface area (Å²) in [5.74, 6) is -1.53. The van der Waals surface area contributed by atoms with Crippen LogP contribution in [-0.4, -0.2) is 28.7 Å². The summed E-state index contributed by atoms with van der Waals surface area (Å²) >= 11 is 0. The molecule has 0 heterocycles. The smallest absolute Gasteiger partial charge is 0.308 e. The number of benzene rings is 2. The molecule has 12 heteroatoms. The predicted octanol–water partition coefficient (Wildman–Crippen LogP) is 2.58. The second-order valence-corrected chi connectivity index (χ2v) is 10.3. The molecule has 0 spiro atoms. The Bertz CT molecular complexity index is 1050. The van der Waals surface area contributed by atoms with E-state index >= 15 is 0 Å². The van der Waals surface area contributed by atoms with Gasteiger partial charge >= 0.3 is 5.97 Å². The number of carbonyl (C=O) groups is 2. The Balaban J connectivity index is 3.01. The normalized spacial score (nSPS) is 12.0. The van der Waals surface area contributed by atoms with Crippen LogP contribution in [0.4, 0.5) is 5.69 Å². The fourth-order valence-corrected chi connectivity index (χ4v) is 3.80. The molecule has 0 fully saturated rings. The largest absolute Gasteiger partial charge is 0.426 e. The summed E-state index contributed by atoms with van der Waals surface area (Å²) in [5.41, 5.74) is -0.0380. The minimum absolute atomic E-state index is 0.0217. The Morgan fingerprint density at radius 2 is 1.42 bits per heavy atom. The van der Waals surface area contributed by atoms with Crippen molar-refractivity contribution in [3.63, 3.8) is 0 Å². The van der Waals surface area contributed by atoms with Gasteiger partial charge in [0.15, 0.2) is 0 Å². The summed E-state index contributed by atoms with van der Waals surface area (Å²) in [6.07, 6.45) is 0. The van der Waals surface area contributed by atoms with Gasteiger partial charge in [-0.05, 0) is 23.6 Å². The summed E-state index contributed by atoms with van der Waals surface area (Å²) in [6, 6.07) is 4.20. The second kappa shape index (κ2) is 7.03. The number of anilines is 1. The van der Waals surface area contributed by atoms with Crippen molar-refractivity contribution in [3.05, 3.63) is 24.3 Å². The molecule has 0 saturated carbocycles. The molecule has 1 amide bonds. The number of halogens is 2. The molecule has 26 heavy (non-hydrogen) atoms. The van der Waals surface area contributed by atoms with Crippen LogP contribution < -0.4 is 10.1 Å². The van der Waals surface area contributed by atoms with E-state index in [9.17, 15) is 26.4 Å². The first-order chi connectivity index (χ1) is 11.8. The second-order valence-electron chi connectivity index (χ2n) is 5.14. The number of hydrogen-bond donors (Lipinski definition) is 1. The van der Waals surface area contributed by atoms with Gasteiger partial charge in [0.05, 0.1) is 15.5 Å². The third-order valence-corrected chi connectivity index (χ3v) is 5.75. The number of amides is 1. The van der Waals surface area contributed by atoms with E-state index in [4.69, 9.17) is 26.1 Å². The van der Waals surface area contributed by atoms with Crippen molar-refractivity contribution in [2.24, 2.45) is 0 Å². The van der Waals surface area contributed by atoms with Gasteiger partial charge in [0, 0.05) is 46.7 Å². The number of nitrogens with one attached hydrogen (secondary N) is 1.